The normalized spacial score (nSPS) is 10.2. The minimum atomic E-state index is -0.283. The van der Waals surface area contributed by atoms with Crippen molar-refractivity contribution in [3.8, 4) is 11.5 Å². The number of amides is 2. The first-order chi connectivity index (χ1) is 12.1. The number of nitrogens with one attached hydrogen (secondary N) is 2. The predicted molar refractivity (Wildman–Crippen MR) is 93.1 cm³/mol. The molecule has 2 amide bonds. The van der Waals surface area contributed by atoms with E-state index in [-0.39, 0.29) is 24.8 Å². The van der Waals surface area contributed by atoms with E-state index in [0.29, 0.717) is 36.0 Å². The molecule has 0 aliphatic rings. The van der Waals surface area contributed by atoms with Crippen molar-refractivity contribution in [1.82, 2.24) is 5.32 Å². The molecule has 0 bridgehead atoms. The van der Waals surface area contributed by atoms with Crippen molar-refractivity contribution in [1.29, 1.82) is 0 Å². The molecule has 2 N–H and O–H groups in total. The maximum atomic E-state index is 12.1. The Morgan fingerprint density at radius 3 is 2.60 bits per heavy atom. The van der Waals surface area contributed by atoms with Gasteiger partial charge in [-0.2, -0.15) is 0 Å². The van der Waals surface area contributed by atoms with Crippen LogP contribution in [0.5, 0.6) is 11.5 Å². The van der Waals surface area contributed by atoms with E-state index in [9.17, 15) is 9.59 Å². The number of hydrogen-bond donors (Lipinski definition) is 2. The first kappa shape index (κ1) is 18.4. The summed E-state index contributed by atoms with van der Waals surface area (Å²) >= 11 is 0. The summed E-state index contributed by atoms with van der Waals surface area (Å²) in [5.74, 6) is 0.702. The van der Waals surface area contributed by atoms with Crippen LogP contribution < -0.4 is 20.1 Å². The van der Waals surface area contributed by atoms with Crippen LogP contribution in [0.2, 0.25) is 0 Å². The topological polar surface area (TPSA) is 89.8 Å². The van der Waals surface area contributed by atoms with E-state index in [4.69, 9.17) is 13.9 Å². The molecule has 0 spiro atoms. The first-order valence-corrected chi connectivity index (χ1v) is 8.14. The average Bonchev–Trinajstić information content (AvgIpc) is 3.12. The minimum absolute atomic E-state index is 0.133. The molecule has 2 rings (SSSR count). The molecule has 0 aliphatic heterocycles. The number of rotatable bonds is 9. The Balaban J connectivity index is 1.90. The van der Waals surface area contributed by atoms with E-state index in [1.807, 2.05) is 13.8 Å². The molecule has 1 aromatic carbocycles. The molecule has 7 heteroatoms. The van der Waals surface area contributed by atoms with Gasteiger partial charge in [0.2, 0.25) is 5.91 Å². The van der Waals surface area contributed by atoms with Crippen LogP contribution in [-0.2, 0) is 4.79 Å². The lowest BCUT2D eigenvalue weighted by Gasteiger charge is -2.13. The predicted octanol–water partition coefficient (Wildman–Crippen LogP) is 2.84. The summed E-state index contributed by atoms with van der Waals surface area (Å²) in [6.07, 6.45) is 2.90. The maximum absolute atomic E-state index is 12.1. The minimum Gasteiger partial charge on any atom is -0.494 e. The molecular weight excluding hydrogens is 324 g/mol. The highest BCUT2D eigenvalue weighted by molar-refractivity contribution is 5.95. The fourth-order valence-corrected chi connectivity index (χ4v) is 2.14. The zero-order valence-electron chi connectivity index (χ0n) is 14.3. The Hall–Kier alpha value is -2.96. The molecule has 0 fully saturated rings. The van der Waals surface area contributed by atoms with E-state index in [0.717, 1.165) is 0 Å². The monoisotopic (exact) mass is 346 g/mol. The Labute approximate surface area is 146 Å². The van der Waals surface area contributed by atoms with Crippen LogP contribution in [0.1, 0.15) is 30.6 Å². The van der Waals surface area contributed by atoms with Gasteiger partial charge in [-0.1, -0.05) is 0 Å². The second-order valence-corrected chi connectivity index (χ2v) is 5.09. The summed E-state index contributed by atoms with van der Waals surface area (Å²) in [5.41, 5.74) is 0.961. The van der Waals surface area contributed by atoms with Gasteiger partial charge >= 0.3 is 0 Å². The molecular formula is C18H22N2O5. The molecule has 25 heavy (non-hydrogen) atoms. The Bertz CT molecular complexity index is 697. The fourth-order valence-electron chi connectivity index (χ4n) is 2.14. The maximum Gasteiger partial charge on any atom is 0.254 e. The van der Waals surface area contributed by atoms with Crippen LogP contribution >= 0.6 is 0 Å². The van der Waals surface area contributed by atoms with Gasteiger partial charge in [-0.25, -0.2) is 0 Å². The lowest BCUT2D eigenvalue weighted by molar-refractivity contribution is -0.116. The van der Waals surface area contributed by atoms with E-state index in [2.05, 4.69) is 10.6 Å². The van der Waals surface area contributed by atoms with Crippen molar-refractivity contribution in [3.05, 3.63) is 42.4 Å². The number of carbonyl (C=O) groups excluding carboxylic acids is 2. The quantitative estimate of drug-likeness (QED) is 0.729. The second kappa shape index (κ2) is 9.36. The van der Waals surface area contributed by atoms with Crippen molar-refractivity contribution in [3.63, 3.8) is 0 Å². The van der Waals surface area contributed by atoms with Crippen molar-refractivity contribution < 1.29 is 23.5 Å². The number of ether oxygens (including phenoxy) is 2. The molecule has 1 aromatic heterocycles. The van der Waals surface area contributed by atoms with E-state index in [1.54, 1.807) is 24.3 Å². The second-order valence-electron chi connectivity index (χ2n) is 5.09. The van der Waals surface area contributed by atoms with Crippen LogP contribution in [0.25, 0.3) is 0 Å². The molecule has 134 valence electrons. The lowest BCUT2D eigenvalue weighted by atomic mass is 10.2. The van der Waals surface area contributed by atoms with Crippen LogP contribution in [0.15, 0.2) is 41.2 Å². The SMILES string of the molecule is CCOc1ccc(OCC)c(NC(=O)CCNC(=O)c2ccoc2)c1. The zero-order chi connectivity index (χ0) is 18.1. The number of carbonyl (C=O) groups is 2. The largest absolute Gasteiger partial charge is 0.494 e. The summed E-state index contributed by atoms with van der Waals surface area (Å²) < 4.78 is 15.8. The highest BCUT2D eigenvalue weighted by atomic mass is 16.5. The van der Waals surface area contributed by atoms with Gasteiger partial charge in [0.15, 0.2) is 0 Å². The van der Waals surface area contributed by atoms with Crippen molar-refractivity contribution in [2.45, 2.75) is 20.3 Å². The number of anilines is 1. The summed E-state index contributed by atoms with van der Waals surface area (Å²) in [5, 5.41) is 5.45. The van der Waals surface area contributed by atoms with Crippen molar-refractivity contribution in [2.24, 2.45) is 0 Å². The van der Waals surface area contributed by atoms with Crippen molar-refractivity contribution in [2.75, 3.05) is 25.1 Å². The van der Waals surface area contributed by atoms with Gasteiger partial charge in [0.25, 0.3) is 5.91 Å². The Morgan fingerprint density at radius 1 is 1.12 bits per heavy atom. The van der Waals surface area contributed by atoms with Crippen LogP contribution in [0, 0.1) is 0 Å². The number of hydrogen-bond acceptors (Lipinski definition) is 5. The third-order valence-corrected chi connectivity index (χ3v) is 3.26. The average molecular weight is 346 g/mol. The van der Waals surface area contributed by atoms with Crippen LogP contribution in [0.4, 0.5) is 5.69 Å². The zero-order valence-corrected chi connectivity index (χ0v) is 14.3. The third kappa shape index (κ3) is 5.56. The van der Waals surface area contributed by atoms with Crippen molar-refractivity contribution >= 4 is 17.5 Å². The molecule has 2 aromatic rings. The summed E-state index contributed by atoms with van der Waals surface area (Å²) in [6.45, 7) is 4.98. The van der Waals surface area contributed by atoms with Gasteiger partial charge in [0.05, 0.1) is 30.7 Å². The number of furan rings is 1. The smallest absolute Gasteiger partial charge is 0.254 e. The Morgan fingerprint density at radius 2 is 1.92 bits per heavy atom. The van der Waals surface area contributed by atoms with Gasteiger partial charge in [0.1, 0.15) is 17.8 Å². The summed E-state index contributed by atoms with van der Waals surface area (Å²) in [6, 6.07) is 6.82. The summed E-state index contributed by atoms with van der Waals surface area (Å²) in [7, 11) is 0. The molecule has 0 unspecified atom stereocenters. The lowest BCUT2D eigenvalue weighted by Crippen LogP contribution is -2.27. The van der Waals surface area contributed by atoms with E-state index in [1.165, 1.54) is 12.5 Å². The molecule has 0 aliphatic carbocycles. The molecule has 0 atom stereocenters. The van der Waals surface area contributed by atoms with Gasteiger partial charge in [-0.3, -0.25) is 9.59 Å². The first-order valence-electron chi connectivity index (χ1n) is 8.14. The molecule has 7 nitrogen and oxygen atoms in total. The van der Waals surface area contributed by atoms with Gasteiger partial charge in [0, 0.05) is 19.0 Å². The van der Waals surface area contributed by atoms with Gasteiger partial charge in [-0.05, 0) is 32.0 Å². The molecule has 0 saturated carbocycles. The highest BCUT2D eigenvalue weighted by Gasteiger charge is 2.11. The summed E-state index contributed by atoms with van der Waals surface area (Å²) in [4.78, 5) is 23.9. The Kier molecular flexibility index (Phi) is 6.88. The molecule has 0 radical (unpaired) electrons. The van der Waals surface area contributed by atoms with Crippen LogP contribution in [-0.4, -0.2) is 31.6 Å². The molecule has 1 heterocycles. The third-order valence-electron chi connectivity index (χ3n) is 3.26. The van der Waals surface area contributed by atoms with Gasteiger partial charge < -0.3 is 24.5 Å². The van der Waals surface area contributed by atoms with E-state index < -0.39 is 0 Å². The highest BCUT2D eigenvalue weighted by Crippen LogP contribution is 2.29. The molecule has 0 saturated heterocycles. The fraction of sp³-hybridized carbons (Fsp3) is 0.333. The van der Waals surface area contributed by atoms with E-state index >= 15 is 0 Å². The number of benzene rings is 1. The van der Waals surface area contributed by atoms with Crippen LogP contribution in [0.3, 0.4) is 0 Å². The van der Waals surface area contributed by atoms with Gasteiger partial charge in [-0.15, -0.1) is 0 Å². The standard InChI is InChI=1S/C18H22N2O5/c1-3-24-14-5-6-16(25-4-2)15(11-14)20-17(21)7-9-19-18(22)13-8-10-23-12-13/h5-6,8,10-12H,3-4,7,9H2,1-2H3,(H,19,22)(H,20,21).